The molecule has 6 heteroatoms. The summed E-state index contributed by atoms with van der Waals surface area (Å²) in [6.07, 6.45) is 1.69. The van der Waals surface area contributed by atoms with E-state index in [1.54, 1.807) is 17.5 Å². The largest absolute Gasteiger partial charge is 0.438 e. The highest BCUT2D eigenvalue weighted by atomic mass is 79.9. The van der Waals surface area contributed by atoms with Crippen LogP contribution in [-0.4, -0.2) is 4.98 Å². The molecule has 0 aliphatic rings. The molecule has 15 heavy (non-hydrogen) atoms. The molecule has 0 fully saturated rings. The minimum absolute atomic E-state index is 0.203. The highest BCUT2D eigenvalue weighted by Gasteiger charge is 2.13. The van der Waals surface area contributed by atoms with E-state index in [0.29, 0.717) is 5.89 Å². The Morgan fingerprint density at radius 2 is 2.27 bits per heavy atom. The monoisotopic (exact) mass is 369 g/mol. The molecule has 0 saturated heterocycles. The summed E-state index contributed by atoms with van der Waals surface area (Å²) in [5, 5.41) is -0.203. The van der Waals surface area contributed by atoms with Crippen LogP contribution in [-0.2, 0) is 0 Å². The third-order valence-electron chi connectivity index (χ3n) is 1.75. The highest BCUT2D eigenvalue weighted by Crippen LogP contribution is 2.38. The third kappa shape index (κ3) is 2.46. The summed E-state index contributed by atoms with van der Waals surface area (Å²) >= 11 is 14.3. The topological polar surface area (TPSA) is 26.0 Å². The summed E-state index contributed by atoms with van der Waals surface area (Å²) in [6.45, 7) is 1.83. The van der Waals surface area contributed by atoms with Crippen LogP contribution in [0.1, 0.15) is 18.2 Å². The molecule has 0 aliphatic heterocycles. The lowest BCUT2D eigenvalue weighted by Crippen LogP contribution is -1.80. The number of aromatic nitrogens is 1. The Morgan fingerprint density at radius 1 is 1.53 bits per heavy atom. The molecule has 2 rings (SSSR count). The minimum atomic E-state index is -0.203. The first-order valence-corrected chi connectivity index (χ1v) is 6.97. The predicted molar refractivity (Wildman–Crippen MR) is 69.5 cm³/mol. The Balaban J connectivity index is 2.37. The van der Waals surface area contributed by atoms with Gasteiger partial charge in [0.05, 0.1) is 14.9 Å². The van der Waals surface area contributed by atoms with Crippen LogP contribution in [0.3, 0.4) is 0 Å². The summed E-state index contributed by atoms with van der Waals surface area (Å²) < 4.78 is 7.57. The maximum Gasteiger partial charge on any atom is 0.212 e. The van der Waals surface area contributed by atoms with Crippen LogP contribution in [0.5, 0.6) is 0 Å². The Hall–Kier alpha value is 0.160. The maximum atomic E-state index is 5.87. The first-order valence-electron chi connectivity index (χ1n) is 4.13. The second-order valence-corrected chi connectivity index (χ2v) is 6.79. The molecule has 0 saturated carbocycles. The van der Waals surface area contributed by atoms with Crippen LogP contribution in [0.15, 0.2) is 24.9 Å². The van der Waals surface area contributed by atoms with Gasteiger partial charge in [-0.15, -0.1) is 22.9 Å². The zero-order valence-corrected chi connectivity index (χ0v) is 12.4. The van der Waals surface area contributed by atoms with Crippen molar-refractivity contribution < 1.29 is 4.42 Å². The van der Waals surface area contributed by atoms with Gasteiger partial charge < -0.3 is 4.42 Å². The van der Waals surface area contributed by atoms with Gasteiger partial charge in [-0.2, -0.15) is 0 Å². The molecule has 0 bridgehead atoms. The van der Waals surface area contributed by atoms with Crippen LogP contribution >= 0.6 is 54.8 Å². The summed E-state index contributed by atoms with van der Waals surface area (Å²) in [4.78, 5) is 5.13. The van der Waals surface area contributed by atoms with E-state index in [9.17, 15) is 0 Å². The molecular formula is C9H6Br2ClNOS. The fourth-order valence-corrected chi connectivity index (χ4v) is 3.14. The molecule has 0 N–H and O–H groups in total. The van der Waals surface area contributed by atoms with E-state index in [4.69, 9.17) is 16.0 Å². The van der Waals surface area contributed by atoms with Gasteiger partial charge in [-0.05, 0) is 44.8 Å². The van der Waals surface area contributed by atoms with Crippen molar-refractivity contribution in [3.8, 4) is 10.6 Å². The molecule has 2 heterocycles. The predicted octanol–water partition coefficient (Wildman–Crippen LogP) is 5.23. The number of hydrogen-bond donors (Lipinski definition) is 0. The Kier molecular flexibility index (Phi) is 3.55. The van der Waals surface area contributed by atoms with Gasteiger partial charge in [0.1, 0.15) is 5.38 Å². The Labute approximate surface area is 113 Å². The smallest absolute Gasteiger partial charge is 0.212 e. The van der Waals surface area contributed by atoms with Gasteiger partial charge in [0.2, 0.25) is 5.89 Å². The number of halogens is 3. The van der Waals surface area contributed by atoms with E-state index in [0.717, 1.165) is 18.9 Å². The first-order chi connectivity index (χ1) is 7.08. The molecule has 1 atom stereocenters. The van der Waals surface area contributed by atoms with Crippen molar-refractivity contribution in [3.05, 3.63) is 26.4 Å². The first kappa shape index (κ1) is 11.6. The fourth-order valence-electron chi connectivity index (χ4n) is 1.05. The molecule has 0 amide bonds. The Bertz CT molecular complexity index is 461. The number of nitrogens with zero attached hydrogens (tertiary/aromatic N) is 1. The zero-order valence-electron chi connectivity index (χ0n) is 7.63. The summed E-state index contributed by atoms with van der Waals surface area (Å²) in [5.41, 5.74) is 0. The van der Waals surface area contributed by atoms with Crippen molar-refractivity contribution in [2.45, 2.75) is 12.3 Å². The average molecular weight is 371 g/mol. The molecule has 0 spiro atoms. The lowest BCUT2D eigenvalue weighted by Gasteiger charge is -1.93. The van der Waals surface area contributed by atoms with E-state index in [1.165, 1.54) is 0 Å². The van der Waals surface area contributed by atoms with Crippen LogP contribution in [0.2, 0.25) is 0 Å². The van der Waals surface area contributed by atoms with Gasteiger partial charge >= 0.3 is 0 Å². The zero-order chi connectivity index (χ0) is 11.0. The second-order valence-electron chi connectivity index (χ2n) is 2.91. The van der Waals surface area contributed by atoms with Crippen LogP contribution in [0, 0.1) is 0 Å². The SMILES string of the molecule is CC(Cl)c1ncc(-c2cc(Br)c(Br)s2)o1. The fraction of sp³-hybridized carbons (Fsp3) is 0.222. The standard InChI is InChI=1S/C9H6Br2ClNOS/c1-4(12)9-13-3-6(14-9)7-2-5(10)8(11)15-7/h2-4H,1H3. The van der Waals surface area contributed by atoms with Crippen molar-refractivity contribution in [1.82, 2.24) is 4.98 Å². The lowest BCUT2D eigenvalue weighted by molar-refractivity contribution is 0.509. The van der Waals surface area contributed by atoms with Gasteiger partial charge in [0.15, 0.2) is 5.76 Å². The lowest BCUT2D eigenvalue weighted by atomic mass is 10.4. The molecule has 0 aromatic carbocycles. The van der Waals surface area contributed by atoms with Crippen molar-refractivity contribution in [2.75, 3.05) is 0 Å². The molecule has 80 valence electrons. The molecule has 1 unspecified atom stereocenters. The normalized spacial score (nSPS) is 13.1. The van der Waals surface area contributed by atoms with Gasteiger partial charge in [-0.3, -0.25) is 0 Å². The summed E-state index contributed by atoms with van der Waals surface area (Å²) in [6, 6.07) is 1.98. The van der Waals surface area contributed by atoms with Gasteiger partial charge in [0.25, 0.3) is 0 Å². The average Bonchev–Trinajstić information content (AvgIpc) is 2.74. The van der Waals surface area contributed by atoms with E-state index < -0.39 is 0 Å². The van der Waals surface area contributed by atoms with Gasteiger partial charge in [-0.1, -0.05) is 0 Å². The van der Waals surface area contributed by atoms with Crippen molar-refractivity contribution in [3.63, 3.8) is 0 Å². The van der Waals surface area contributed by atoms with E-state index in [1.807, 2.05) is 13.0 Å². The summed E-state index contributed by atoms with van der Waals surface area (Å²) in [5.74, 6) is 1.29. The molecule has 2 aromatic rings. The molecule has 2 aromatic heterocycles. The molecule has 2 nitrogen and oxygen atoms in total. The van der Waals surface area contributed by atoms with E-state index in [-0.39, 0.29) is 5.38 Å². The number of oxazole rings is 1. The van der Waals surface area contributed by atoms with E-state index in [2.05, 4.69) is 36.8 Å². The minimum Gasteiger partial charge on any atom is -0.438 e. The van der Waals surface area contributed by atoms with Gasteiger partial charge in [0, 0.05) is 4.47 Å². The van der Waals surface area contributed by atoms with Crippen LogP contribution in [0.4, 0.5) is 0 Å². The van der Waals surface area contributed by atoms with Crippen molar-refractivity contribution in [1.29, 1.82) is 0 Å². The quantitative estimate of drug-likeness (QED) is 0.676. The second kappa shape index (κ2) is 4.57. The molecular weight excluding hydrogens is 365 g/mol. The van der Waals surface area contributed by atoms with Crippen LogP contribution < -0.4 is 0 Å². The van der Waals surface area contributed by atoms with Crippen molar-refractivity contribution >= 4 is 54.8 Å². The number of thiophene rings is 1. The highest BCUT2D eigenvalue weighted by molar-refractivity contribution is 9.13. The number of hydrogen-bond acceptors (Lipinski definition) is 3. The summed E-state index contributed by atoms with van der Waals surface area (Å²) in [7, 11) is 0. The Morgan fingerprint density at radius 3 is 2.73 bits per heavy atom. The van der Waals surface area contributed by atoms with Crippen LogP contribution in [0.25, 0.3) is 10.6 Å². The maximum absolute atomic E-state index is 5.87. The van der Waals surface area contributed by atoms with Crippen molar-refractivity contribution in [2.24, 2.45) is 0 Å². The van der Waals surface area contributed by atoms with Gasteiger partial charge in [-0.25, -0.2) is 4.98 Å². The third-order valence-corrected chi connectivity index (χ3v) is 5.21. The number of rotatable bonds is 2. The number of alkyl halides is 1. The molecule has 0 radical (unpaired) electrons. The van der Waals surface area contributed by atoms with E-state index >= 15 is 0 Å². The molecule has 0 aliphatic carbocycles.